The summed E-state index contributed by atoms with van der Waals surface area (Å²) in [6, 6.07) is 10.8. The van der Waals surface area contributed by atoms with Crippen LogP contribution in [-0.2, 0) is 9.53 Å². The largest absolute Gasteiger partial charge is 0.468 e. The van der Waals surface area contributed by atoms with E-state index >= 15 is 0 Å². The van der Waals surface area contributed by atoms with E-state index < -0.39 is 11.9 Å². The Morgan fingerprint density at radius 3 is 2.74 bits per heavy atom. The van der Waals surface area contributed by atoms with Gasteiger partial charge in [-0.25, -0.2) is 0 Å². The summed E-state index contributed by atoms with van der Waals surface area (Å²) < 4.78 is 9.34. The number of carbonyl (C=O) groups is 2. The van der Waals surface area contributed by atoms with Crippen LogP contribution in [0.4, 0.5) is 0 Å². The van der Waals surface area contributed by atoms with Gasteiger partial charge < -0.3 is 14.6 Å². The van der Waals surface area contributed by atoms with E-state index in [1.54, 1.807) is 0 Å². The highest BCUT2D eigenvalue weighted by Gasteiger charge is 2.14. The van der Waals surface area contributed by atoms with Gasteiger partial charge in [0.2, 0.25) is 5.76 Å². The van der Waals surface area contributed by atoms with Crippen molar-refractivity contribution in [3.8, 4) is 11.3 Å². The Bertz CT molecular complexity index is 577. The van der Waals surface area contributed by atoms with Crippen LogP contribution >= 0.6 is 0 Å². The topological polar surface area (TPSA) is 81.4 Å². The van der Waals surface area contributed by atoms with Crippen LogP contribution in [0.1, 0.15) is 10.6 Å². The second-order valence-corrected chi connectivity index (χ2v) is 3.70. The number of amides is 1. The fourth-order valence-electron chi connectivity index (χ4n) is 1.44. The van der Waals surface area contributed by atoms with Crippen molar-refractivity contribution in [2.45, 2.75) is 0 Å². The number of nitrogens with zero attached hydrogens (tertiary/aromatic N) is 1. The number of rotatable bonds is 4. The summed E-state index contributed by atoms with van der Waals surface area (Å²) in [5, 5.41) is 6.17. The van der Waals surface area contributed by atoms with Gasteiger partial charge in [-0.3, -0.25) is 9.59 Å². The lowest BCUT2D eigenvalue weighted by molar-refractivity contribution is -0.139. The van der Waals surface area contributed by atoms with Crippen molar-refractivity contribution < 1.29 is 18.8 Å². The number of esters is 1. The quantitative estimate of drug-likeness (QED) is 0.836. The van der Waals surface area contributed by atoms with Gasteiger partial charge in [-0.05, 0) is 0 Å². The Morgan fingerprint density at radius 1 is 1.32 bits per heavy atom. The predicted molar refractivity (Wildman–Crippen MR) is 66.3 cm³/mol. The minimum absolute atomic E-state index is 0.0442. The van der Waals surface area contributed by atoms with Crippen molar-refractivity contribution in [1.29, 1.82) is 0 Å². The smallest absolute Gasteiger partial charge is 0.325 e. The van der Waals surface area contributed by atoms with Gasteiger partial charge in [0.05, 0.1) is 7.11 Å². The zero-order chi connectivity index (χ0) is 13.7. The Kier molecular flexibility index (Phi) is 3.92. The van der Waals surface area contributed by atoms with Crippen molar-refractivity contribution in [3.05, 3.63) is 42.2 Å². The van der Waals surface area contributed by atoms with E-state index in [9.17, 15) is 9.59 Å². The molecule has 2 aromatic rings. The zero-order valence-corrected chi connectivity index (χ0v) is 10.3. The Labute approximate surface area is 109 Å². The number of benzene rings is 1. The van der Waals surface area contributed by atoms with E-state index in [-0.39, 0.29) is 12.3 Å². The molecule has 0 aliphatic rings. The van der Waals surface area contributed by atoms with Crippen molar-refractivity contribution >= 4 is 11.9 Å². The van der Waals surface area contributed by atoms with Crippen LogP contribution in [0.15, 0.2) is 40.9 Å². The van der Waals surface area contributed by atoms with Crippen LogP contribution in [0.25, 0.3) is 11.3 Å². The molecule has 0 fully saturated rings. The summed E-state index contributed by atoms with van der Waals surface area (Å²) in [7, 11) is 1.25. The van der Waals surface area contributed by atoms with Gasteiger partial charge in [-0.15, -0.1) is 0 Å². The van der Waals surface area contributed by atoms with Crippen LogP contribution in [0.3, 0.4) is 0 Å². The fraction of sp³-hybridized carbons (Fsp3) is 0.154. The molecule has 0 atom stereocenters. The maximum atomic E-state index is 11.7. The molecule has 1 aromatic carbocycles. The molecule has 1 heterocycles. The summed E-state index contributed by atoms with van der Waals surface area (Å²) in [6.07, 6.45) is 0. The van der Waals surface area contributed by atoms with E-state index in [2.05, 4.69) is 15.2 Å². The molecular weight excluding hydrogens is 248 g/mol. The first kappa shape index (κ1) is 12.8. The lowest BCUT2D eigenvalue weighted by Crippen LogP contribution is -2.29. The number of ether oxygens (including phenoxy) is 1. The third-order valence-corrected chi connectivity index (χ3v) is 2.42. The van der Waals surface area contributed by atoms with E-state index in [1.165, 1.54) is 13.2 Å². The monoisotopic (exact) mass is 260 g/mol. The Morgan fingerprint density at radius 2 is 2.05 bits per heavy atom. The molecule has 1 aromatic heterocycles. The summed E-state index contributed by atoms with van der Waals surface area (Å²) >= 11 is 0. The maximum Gasteiger partial charge on any atom is 0.325 e. The maximum absolute atomic E-state index is 11.7. The summed E-state index contributed by atoms with van der Waals surface area (Å²) in [5.74, 6) is -1.00. The normalized spacial score (nSPS) is 9.95. The second kappa shape index (κ2) is 5.81. The number of methoxy groups -OCH3 is 1. The van der Waals surface area contributed by atoms with Gasteiger partial charge in [-0.2, -0.15) is 0 Å². The van der Waals surface area contributed by atoms with Gasteiger partial charge in [0.15, 0.2) is 0 Å². The van der Waals surface area contributed by atoms with Crippen LogP contribution < -0.4 is 5.32 Å². The second-order valence-electron chi connectivity index (χ2n) is 3.70. The number of hydrogen-bond acceptors (Lipinski definition) is 5. The molecule has 0 radical (unpaired) electrons. The average molecular weight is 260 g/mol. The predicted octanol–water partition coefficient (Wildman–Crippen LogP) is 1.24. The van der Waals surface area contributed by atoms with Crippen molar-refractivity contribution in [2.75, 3.05) is 13.7 Å². The highest BCUT2D eigenvalue weighted by Crippen LogP contribution is 2.18. The van der Waals surface area contributed by atoms with E-state index in [4.69, 9.17) is 4.52 Å². The molecule has 0 saturated carbocycles. The number of aromatic nitrogens is 1. The molecular formula is C13H12N2O4. The van der Waals surface area contributed by atoms with Crippen molar-refractivity contribution in [2.24, 2.45) is 0 Å². The lowest BCUT2D eigenvalue weighted by Gasteiger charge is -1.99. The van der Waals surface area contributed by atoms with E-state index in [0.29, 0.717) is 5.69 Å². The van der Waals surface area contributed by atoms with Crippen LogP contribution in [-0.4, -0.2) is 30.7 Å². The zero-order valence-electron chi connectivity index (χ0n) is 10.3. The molecule has 6 heteroatoms. The number of hydrogen-bond donors (Lipinski definition) is 1. The first-order valence-electron chi connectivity index (χ1n) is 5.58. The highest BCUT2D eigenvalue weighted by atomic mass is 16.5. The molecule has 19 heavy (non-hydrogen) atoms. The standard InChI is InChI=1S/C13H12N2O4/c1-18-12(16)8-14-13(17)11-7-10(15-19-11)9-5-3-2-4-6-9/h2-7H,8H2,1H3,(H,14,17). The molecule has 6 nitrogen and oxygen atoms in total. The van der Waals surface area contributed by atoms with Crippen LogP contribution in [0, 0.1) is 0 Å². The molecule has 0 aliphatic carbocycles. The molecule has 98 valence electrons. The molecule has 0 unspecified atom stereocenters. The van der Waals surface area contributed by atoms with Gasteiger partial charge in [-0.1, -0.05) is 35.5 Å². The molecule has 1 N–H and O–H groups in total. The molecule has 0 spiro atoms. The first-order valence-corrected chi connectivity index (χ1v) is 5.58. The third kappa shape index (κ3) is 3.19. The fourth-order valence-corrected chi connectivity index (χ4v) is 1.44. The molecule has 0 bridgehead atoms. The Hall–Kier alpha value is -2.63. The van der Waals surface area contributed by atoms with Crippen molar-refractivity contribution in [3.63, 3.8) is 0 Å². The summed E-state index contributed by atoms with van der Waals surface area (Å²) in [4.78, 5) is 22.5. The number of carbonyl (C=O) groups excluding carboxylic acids is 2. The van der Waals surface area contributed by atoms with Crippen LogP contribution in [0.5, 0.6) is 0 Å². The van der Waals surface area contributed by atoms with Gasteiger partial charge in [0, 0.05) is 11.6 Å². The van der Waals surface area contributed by atoms with Gasteiger partial charge in [0.25, 0.3) is 5.91 Å². The molecule has 2 rings (SSSR count). The number of nitrogens with one attached hydrogen (secondary N) is 1. The van der Waals surface area contributed by atoms with E-state index in [1.807, 2.05) is 30.3 Å². The summed E-state index contributed by atoms with van der Waals surface area (Å²) in [5.41, 5.74) is 1.40. The minimum Gasteiger partial charge on any atom is -0.468 e. The van der Waals surface area contributed by atoms with Crippen molar-refractivity contribution in [1.82, 2.24) is 10.5 Å². The first-order chi connectivity index (χ1) is 9.20. The molecule has 0 aliphatic heterocycles. The van der Waals surface area contributed by atoms with E-state index in [0.717, 1.165) is 5.56 Å². The SMILES string of the molecule is COC(=O)CNC(=O)c1cc(-c2ccccc2)no1. The third-order valence-electron chi connectivity index (χ3n) is 2.42. The summed E-state index contributed by atoms with van der Waals surface area (Å²) in [6.45, 7) is -0.212. The minimum atomic E-state index is -0.531. The highest BCUT2D eigenvalue weighted by molar-refractivity contribution is 5.94. The lowest BCUT2D eigenvalue weighted by atomic mass is 10.1. The van der Waals surface area contributed by atoms with Gasteiger partial charge in [0.1, 0.15) is 12.2 Å². The van der Waals surface area contributed by atoms with Crippen LogP contribution in [0.2, 0.25) is 0 Å². The van der Waals surface area contributed by atoms with Gasteiger partial charge >= 0.3 is 5.97 Å². The average Bonchev–Trinajstić information content (AvgIpc) is 2.95. The molecule has 1 amide bonds. The Balaban J connectivity index is 2.05. The molecule has 0 saturated heterocycles.